The van der Waals surface area contributed by atoms with Crippen molar-refractivity contribution in [1.29, 1.82) is 0 Å². The van der Waals surface area contributed by atoms with Crippen molar-refractivity contribution in [3.05, 3.63) is 0 Å². The van der Waals surface area contributed by atoms with E-state index in [4.69, 9.17) is 18.3 Å². The molecule has 0 spiro atoms. The minimum absolute atomic E-state index is 0.120. The largest absolute Gasteiger partial charge is 0.396 e. The fourth-order valence-electron chi connectivity index (χ4n) is 0.979. The molecule has 78 valence electrons. The lowest BCUT2D eigenvalue weighted by atomic mass is 10.1. The molecule has 0 unspecified atom stereocenters. The second-order valence-corrected chi connectivity index (χ2v) is 7.15. The second-order valence-electron chi connectivity index (χ2n) is 3.77. The highest BCUT2D eigenvalue weighted by atomic mass is 28.4. The Hall–Kier alpha value is 0.0569. The van der Waals surface area contributed by atoms with Crippen LogP contribution in [-0.2, 0) is 18.3 Å². The topological polar surface area (TPSA) is 36.9 Å². The number of hydrogen-bond acceptors (Lipinski definition) is 4. The average molecular weight is 206 g/mol. The Labute approximate surface area is 80.4 Å². The van der Waals surface area contributed by atoms with E-state index in [0.717, 1.165) is 0 Å². The molecule has 0 amide bonds. The maximum absolute atomic E-state index is 5.70. The maximum atomic E-state index is 5.70. The molecule has 1 aliphatic rings. The maximum Gasteiger partial charge on any atom is 0.361 e. The standard InChI is InChI=1S/C8H18O4Si/c1-8(5-11-6-8)12-7-13(4,9-2)10-3/h5-7H2,1-4H3. The fourth-order valence-corrected chi connectivity index (χ4v) is 1.99. The fraction of sp³-hybridized carbons (Fsp3) is 1.00. The zero-order chi connectivity index (χ0) is 9.95. The van der Waals surface area contributed by atoms with E-state index in [-0.39, 0.29) is 5.60 Å². The number of rotatable bonds is 5. The molecule has 4 nitrogen and oxygen atoms in total. The number of ether oxygens (including phenoxy) is 2. The van der Waals surface area contributed by atoms with Crippen LogP contribution in [0.15, 0.2) is 0 Å². The van der Waals surface area contributed by atoms with E-state index < -0.39 is 8.56 Å². The summed E-state index contributed by atoms with van der Waals surface area (Å²) in [4.78, 5) is 0. The van der Waals surface area contributed by atoms with Crippen molar-refractivity contribution >= 4 is 8.56 Å². The van der Waals surface area contributed by atoms with Gasteiger partial charge in [-0.15, -0.1) is 0 Å². The molecule has 1 fully saturated rings. The summed E-state index contributed by atoms with van der Waals surface area (Å²) in [5, 5.41) is 0. The van der Waals surface area contributed by atoms with Gasteiger partial charge in [-0.25, -0.2) is 0 Å². The van der Waals surface area contributed by atoms with Gasteiger partial charge in [-0.1, -0.05) is 0 Å². The molecule has 0 aromatic heterocycles. The molecule has 0 saturated carbocycles. The molecule has 1 aliphatic heterocycles. The van der Waals surface area contributed by atoms with Crippen LogP contribution in [0.4, 0.5) is 0 Å². The molecule has 0 aromatic carbocycles. The lowest BCUT2D eigenvalue weighted by Gasteiger charge is -2.39. The molecule has 1 rings (SSSR count). The van der Waals surface area contributed by atoms with Crippen molar-refractivity contribution in [2.75, 3.05) is 33.7 Å². The molecule has 0 atom stereocenters. The van der Waals surface area contributed by atoms with Gasteiger partial charge < -0.3 is 18.3 Å². The van der Waals surface area contributed by atoms with Gasteiger partial charge in [0.2, 0.25) is 0 Å². The van der Waals surface area contributed by atoms with E-state index in [1.165, 1.54) is 0 Å². The normalized spacial score (nSPS) is 21.2. The molecule has 0 aromatic rings. The van der Waals surface area contributed by atoms with Crippen LogP contribution >= 0.6 is 0 Å². The first-order chi connectivity index (χ1) is 6.04. The summed E-state index contributed by atoms with van der Waals surface area (Å²) in [7, 11) is 1.26. The summed E-state index contributed by atoms with van der Waals surface area (Å²) in [5.74, 6) is 0. The molecule has 0 radical (unpaired) electrons. The van der Waals surface area contributed by atoms with E-state index in [0.29, 0.717) is 19.4 Å². The van der Waals surface area contributed by atoms with Crippen LogP contribution in [0, 0.1) is 0 Å². The zero-order valence-electron chi connectivity index (χ0n) is 8.75. The van der Waals surface area contributed by atoms with Gasteiger partial charge in [0.05, 0.1) is 19.4 Å². The van der Waals surface area contributed by atoms with E-state index >= 15 is 0 Å². The summed E-state index contributed by atoms with van der Waals surface area (Å²) < 4.78 is 21.4. The Balaban J connectivity index is 2.31. The minimum atomic E-state index is -2.07. The highest BCUT2D eigenvalue weighted by molar-refractivity contribution is 6.65. The van der Waals surface area contributed by atoms with E-state index in [1.807, 2.05) is 13.5 Å². The van der Waals surface area contributed by atoms with Crippen LogP contribution in [0.2, 0.25) is 6.55 Å². The molecule has 0 N–H and O–H groups in total. The monoisotopic (exact) mass is 206 g/mol. The summed E-state index contributed by atoms with van der Waals surface area (Å²) in [6.45, 7) is 5.36. The summed E-state index contributed by atoms with van der Waals surface area (Å²) in [5.41, 5.74) is -0.120. The second kappa shape index (κ2) is 4.06. The van der Waals surface area contributed by atoms with Gasteiger partial charge in [0.1, 0.15) is 5.60 Å². The third kappa shape index (κ3) is 2.75. The summed E-state index contributed by atoms with van der Waals surface area (Å²) in [6.07, 6.45) is 0.555. The van der Waals surface area contributed by atoms with E-state index in [1.54, 1.807) is 14.2 Å². The van der Waals surface area contributed by atoms with Crippen LogP contribution in [0.3, 0.4) is 0 Å². The Morgan fingerprint density at radius 2 is 1.85 bits per heavy atom. The van der Waals surface area contributed by atoms with Crippen LogP contribution in [0.1, 0.15) is 6.92 Å². The van der Waals surface area contributed by atoms with Crippen molar-refractivity contribution in [2.24, 2.45) is 0 Å². The first-order valence-electron chi connectivity index (χ1n) is 4.36. The molecule has 0 bridgehead atoms. The van der Waals surface area contributed by atoms with Crippen molar-refractivity contribution in [3.8, 4) is 0 Å². The van der Waals surface area contributed by atoms with Gasteiger partial charge >= 0.3 is 8.56 Å². The van der Waals surface area contributed by atoms with Crippen molar-refractivity contribution in [2.45, 2.75) is 19.1 Å². The summed E-state index contributed by atoms with van der Waals surface area (Å²) in [6, 6.07) is 0. The first-order valence-corrected chi connectivity index (χ1v) is 6.88. The predicted octanol–water partition coefficient (Wildman–Crippen LogP) is 0.696. The average Bonchev–Trinajstić information content (AvgIpc) is 2.11. The molecule has 0 aliphatic carbocycles. The predicted molar refractivity (Wildman–Crippen MR) is 50.8 cm³/mol. The highest BCUT2D eigenvalue weighted by Crippen LogP contribution is 2.22. The number of hydrogen-bond donors (Lipinski definition) is 0. The Morgan fingerprint density at radius 1 is 1.31 bits per heavy atom. The lowest BCUT2D eigenvalue weighted by molar-refractivity contribution is -0.193. The Kier molecular flexibility index (Phi) is 3.48. The van der Waals surface area contributed by atoms with Gasteiger partial charge in [0.15, 0.2) is 0 Å². The SMILES string of the molecule is CO[Si](C)(COC1(C)COC1)OC. The molecule has 5 heteroatoms. The van der Waals surface area contributed by atoms with Gasteiger partial charge in [-0.3, -0.25) is 0 Å². The van der Waals surface area contributed by atoms with Crippen molar-refractivity contribution < 1.29 is 18.3 Å². The van der Waals surface area contributed by atoms with Crippen molar-refractivity contribution in [3.63, 3.8) is 0 Å². The van der Waals surface area contributed by atoms with Crippen LogP contribution in [0.25, 0.3) is 0 Å². The van der Waals surface area contributed by atoms with Gasteiger partial charge in [0.25, 0.3) is 0 Å². The zero-order valence-corrected chi connectivity index (χ0v) is 9.75. The van der Waals surface area contributed by atoms with Crippen LogP contribution in [-0.4, -0.2) is 47.8 Å². The molecule has 1 heterocycles. The van der Waals surface area contributed by atoms with Crippen molar-refractivity contribution in [1.82, 2.24) is 0 Å². The molecule has 1 saturated heterocycles. The highest BCUT2D eigenvalue weighted by Gasteiger charge is 2.39. The smallest absolute Gasteiger partial charge is 0.361 e. The third-order valence-electron chi connectivity index (χ3n) is 2.36. The Morgan fingerprint density at radius 3 is 2.15 bits per heavy atom. The van der Waals surface area contributed by atoms with Crippen LogP contribution < -0.4 is 0 Å². The molecule has 13 heavy (non-hydrogen) atoms. The first kappa shape index (κ1) is 11.1. The van der Waals surface area contributed by atoms with Gasteiger partial charge in [0, 0.05) is 14.2 Å². The quantitative estimate of drug-likeness (QED) is 0.620. The van der Waals surface area contributed by atoms with Gasteiger partial charge in [-0.2, -0.15) is 0 Å². The van der Waals surface area contributed by atoms with E-state index in [2.05, 4.69) is 0 Å². The molecular weight excluding hydrogens is 188 g/mol. The van der Waals surface area contributed by atoms with Crippen LogP contribution in [0.5, 0.6) is 0 Å². The Bertz CT molecular complexity index is 166. The van der Waals surface area contributed by atoms with Gasteiger partial charge in [-0.05, 0) is 13.5 Å². The van der Waals surface area contributed by atoms with E-state index in [9.17, 15) is 0 Å². The summed E-state index contributed by atoms with van der Waals surface area (Å²) >= 11 is 0. The third-order valence-corrected chi connectivity index (χ3v) is 4.76. The lowest BCUT2D eigenvalue weighted by Crippen LogP contribution is -2.53. The minimum Gasteiger partial charge on any atom is -0.396 e. The molecular formula is C8H18O4Si.